The van der Waals surface area contributed by atoms with Crippen molar-refractivity contribution in [2.75, 3.05) is 0 Å². The molecule has 0 fully saturated rings. The highest BCUT2D eigenvalue weighted by Gasteiger charge is 2.29. The fourth-order valence-electron chi connectivity index (χ4n) is 2.01. The Balaban J connectivity index is 2.96. The minimum Gasteiger partial charge on any atom is -0.323 e. The van der Waals surface area contributed by atoms with Gasteiger partial charge in [-0.05, 0) is 11.5 Å². The number of hydrogen-bond acceptors (Lipinski definition) is 2. The molecule has 0 amide bonds. The summed E-state index contributed by atoms with van der Waals surface area (Å²) in [6, 6.07) is 9.80. The number of rotatable bonds is 5. The Hall–Kier alpha value is -0.670. The summed E-state index contributed by atoms with van der Waals surface area (Å²) in [5.41, 5.74) is 7.36. The van der Waals surface area contributed by atoms with E-state index < -0.39 is 10.8 Å². The first kappa shape index (κ1) is 14.4. The monoisotopic (exact) mass is 253 g/mol. The minimum atomic E-state index is -0.895. The van der Waals surface area contributed by atoms with Gasteiger partial charge < -0.3 is 5.73 Å². The fourth-order valence-corrected chi connectivity index (χ4v) is 3.62. The highest BCUT2D eigenvalue weighted by Crippen LogP contribution is 2.25. The van der Waals surface area contributed by atoms with Gasteiger partial charge in [0, 0.05) is 22.1 Å². The van der Waals surface area contributed by atoms with E-state index in [-0.39, 0.29) is 16.5 Å². The van der Waals surface area contributed by atoms with Crippen molar-refractivity contribution in [3.8, 4) is 0 Å². The summed E-state index contributed by atoms with van der Waals surface area (Å²) in [5.74, 6) is 0.313. The molecular weight excluding hydrogens is 230 g/mol. The van der Waals surface area contributed by atoms with E-state index in [1.807, 2.05) is 44.2 Å². The molecule has 0 radical (unpaired) electrons. The maximum absolute atomic E-state index is 12.3. The molecule has 3 atom stereocenters. The molecule has 0 saturated carbocycles. The summed E-state index contributed by atoms with van der Waals surface area (Å²) in [7, 11) is -0.895. The van der Waals surface area contributed by atoms with Crippen molar-refractivity contribution >= 4 is 10.8 Å². The fraction of sp³-hybridized carbons (Fsp3) is 0.571. The molecule has 0 heterocycles. The van der Waals surface area contributed by atoms with Gasteiger partial charge >= 0.3 is 0 Å². The standard InChI is InChI=1S/C14H23NOS/c1-10(2)14(17(16)11(3)4)13(15)12-8-6-5-7-9-12/h5-11,13-14H,15H2,1-4H3. The van der Waals surface area contributed by atoms with Crippen LogP contribution in [0.2, 0.25) is 0 Å². The summed E-state index contributed by atoms with van der Waals surface area (Å²) in [4.78, 5) is 0. The summed E-state index contributed by atoms with van der Waals surface area (Å²) in [6.45, 7) is 8.16. The Kier molecular flexibility index (Phi) is 5.34. The first-order chi connectivity index (χ1) is 7.95. The number of nitrogens with two attached hydrogens (primary N) is 1. The van der Waals surface area contributed by atoms with Crippen LogP contribution in [0.1, 0.15) is 39.3 Å². The lowest BCUT2D eigenvalue weighted by atomic mass is 9.97. The van der Waals surface area contributed by atoms with Gasteiger partial charge in [0.05, 0.1) is 5.25 Å². The molecule has 96 valence electrons. The van der Waals surface area contributed by atoms with Crippen LogP contribution < -0.4 is 5.73 Å². The van der Waals surface area contributed by atoms with Crippen LogP contribution in [0.3, 0.4) is 0 Å². The number of hydrogen-bond donors (Lipinski definition) is 1. The maximum atomic E-state index is 12.3. The van der Waals surface area contributed by atoms with Crippen LogP contribution in [-0.4, -0.2) is 14.7 Å². The third-order valence-corrected chi connectivity index (χ3v) is 5.23. The van der Waals surface area contributed by atoms with E-state index in [0.717, 1.165) is 5.56 Å². The molecule has 17 heavy (non-hydrogen) atoms. The highest BCUT2D eigenvalue weighted by atomic mass is 32.2. The smallest absolute Gasteiger partial charge is 0.0566 e. The van der Waals surface area contributed by atoms with Gasteiger partial charge in [0.25, 0.3) is 0 Å². The first-order valence-corrected chi connectivity index (χ1v) is 7.42. The molecule has 3 unspecified atom stereocenters. The van der Waals surface area contributed by atoms with Gasteiger partial charge in [-0.25, -0.2) is 0 Å². The normalized spacial score (nSPS) is 17.1. The molecule has 0 aliphatic heterocycles. The van der Waals surface area contributed by atoms with Crippen molar-refractivity contribution in [2.24, 2.45) is 11.7 Å². The quantitative estimate of drug-likeness (QED) is 0.877. The van der Waals surface area contributed by atoms with Gasteiger partial charge in [-0.15, -0.1) is 0 Å². The predicted octanol–water partition coefficient (Wildman–Crippen LogP) is 2.87. The van der Waals surface area contributed by atoms with Crippen molar-refractivity contribution < 1.29 is 4.21 Å². The molecule has 0 aromatic heterocycles. The van der Waals surface area contributed by atoms with Crippen LogP contribution in [0, 0.1) is 5.92 Å². The minimum absolute atomic E-state index is 0.0115. The van der Waals surface area contributed by atoms with E-state index in [1.165, 1.54) is 0 Å². The van der Waals surface area contributed by atoms with Crippen molar-refractivity contribution in [2.45, 2.75) is 44.2 Å². The van der Waals surface area contributed by atoms with E-state index in [2.05, 4.69) is 13.8 Å². The van der Waals surface area contributed by atoms with Crippen molar-refractivity contribution in [1.82, 2.24) is 0 Å². The Bertz CT molecular complexity index is 362. The Morgan fingerprint density at radius 1 is 1.06 bits per heavy atom. The topological polar surface area (TPSA) is 43.1 Å². The van der Waals surface area contributed by atoms with Gasteiger partial charge in [0.2, 0.25) is 0 Å². The van der Waals surface area contributed by atoms with Gasteiger partial charge in [-0.3, -0.25) is 4.21 Å². The molecule has 0 bridgehead atoms. The zero-order valence-corrected chi connectivity index (χ0v) is 11.9. The zero-order chi connectivity index (χ0) is 13.0. The summed E-state index contributed by atoms with van der Waals surface area (Å²) < 4.78 is 12.3. The molecule has 1 rings (SSSR count). The molecule has 1 aromatic carbocycles. The second kappa shape index (κ2) is 6.31. The SMILES string of the molecule is CC(C)C(C(N)c1ccccc1)S(=O)C(C)C. The van der Waals surface area contributed by atoms with E-state index >= 15 is 0 Å². The van der Waals surface area contributed by atoms with Gasteiger partial charge in [0.1, 0.15) is 0 Å². The molecule has 0 aliphatic rings. The van der Waals surface area contributed by atoms with Crippen molar-refractivity contribution in [3.63, 3.8) is 0 Å². The lowest BCUT2D eigenvalue weighted by Gasteiger charge is -2.28. The molecule has 0 saturated heterocycles. The average molecular weight is 253 g/mol. The summed E-state index contributed by atoms with van der Waals surface area (Å²) in [5, 5.41) is 0.162. The first-order valence-electron chi connectivity index (χ1n) is 6.15. The van der Waals surface area contributed by atoms with Gasteiger partial charge in [-0.1, -0.05) is 58.0 Å². The second-order valence-corrected chi connectivity index (χ2v) is 7.17. The lowest BCUT2D eigenvalue weighted by molar-refractivity contribution is 0.507. The van der Waals surface area contributed by atoms with Crippen molar-refractivity contribution in [3.05, 3.63) is 35.9 Å². The number of benzene rings is 1. The van der Waals surface area contributed by atoms with E-state index in [1.54, 1.807) is 0 Å². The molecular formula is C14H23NOS. The Labute approximate surface area is 107 Å². The Morgan fingerprint density at radius 2 is 1.59 bits per heavy atom. The van der Waals surface area contributed by atoms with Crippen LogP contribution in [0.15, 0.2) is 30.3 Å². The van der Waals surface area contributed by atoms with E-state index in [4.69, 9.17) is 5.73 Å². The molecule has 0 spiro atoms. The molecule has 0 aliphatic carbocycles. The van der Waals surface area contributed by atoms with E-state index in [0.29, 0.717) is 5.92 Å². The predicted molar refractivity (Wildman–Crippen MR) is 75.3 cm³/mol. The third-order valence-electron chi connectivity index (χ3n) is 2.93. The van der Waals surface area contributed by atoms with Crippen molar-refractivity contribution in [1.29, 1.82) is 0 Å². The highest BCUT2D eigenvalue weighted by molar-refractivity contribution is 7.86. The van der Waals surface area contributed by atoms with Crippen LogP contribution in [0.4, 0.5) is 0 Å². The Morgan fingerprint density at radius 3 is 2.00 bits per heavy atom. The van der Waals surface area contributed by atoms with Crippen LogP contribution in [0.5, 0.6) is 0 Å². The van der Waals surface area contributed by atoms with Crippen LogP contribution in [-0.2, 0) is 10.8 Å². The van der Waals surface area contributed by atoms with Gasteiger partial charge in [0.15, 0.2) is 0 Å². The molecule has 2 N–H and O–H groups in total. The zero-order valence-electron chi connectivity index (χ0n) is 11.1. The summed E-state index contributed by atoms with van der Waals surface area (Å²) >= 11 is 0. The lowest BCUT2D eigenvalue weighted by Crippen LogP contribution is -2.37. The summed E-state index contributed by atoms with van der Waals surface area (Å²) in [6.07, 6.45) is 0. The van der Waals surface area contributed by atoms with Crippen LogP contribution >= 0.6 is 0 Å². The average Bonchev–Trinajstić information content (AvgIpc) is 2.29. The maximum Gasteiger partial charge on any atom is 0.0566 e. The molecule has 1 aromatic rings. The third kappa shape index (κ3) is 3.65. The van der Waals surface area contributed by atoms with Gasteiger partial charge in [-0.2, -0.15) is 0 Å². The molecule has 3 heteroatoms. The van der Waals surface area contributed by atoms with E-state index in [9.17, 15) is 4.21 Å². The van der Waals surface area contributed by atoms with Crippen LogP contribution in [0.25, 0.3) is 0 Å². The second-order valence-electron chi connectivity index (χ2n) is 5.02. The largest absolute Gasteiger partial charge is 0.323 e. The molecule has 2 nitrogen and oxygen atoms in total.